The normalized spacial score (nSPS) is 20.4. The average Bonchev–Trinajstić information content (AvgIpc) is 2.76. The predicted molar refractivity (Wildman–Crippen MR) is 93.8 cm³/mol. The molecule has 140 valence electrons. The average molecular weight is 362 g/mol. The number of rotatable bonds is 1. The van der Waals surface area contributed by atoms with Crippen molar-refractivity contribution in [2.45, 2.75) is 24.8 Å². The first kappa shape index (κ1) is 18.3. The number of anilines is 1. The maximum atomic E-state index is 13.2. The van der Waals surface area contributed by atoms with E-state index in [0.717, 1.165) is 19.0 Å². The van der Waals surface area contributed by atoms with Crippen LogP contribution in [0.5, 0.6) is 0 Å². The fraction of sp³-hybridized carbons (Fsp3) is 0.500. The fourth-order valence-corrected chi connectivity index (χ4v) is 3.65. The molecular weight excluding hydrogens is 339 g/mol. The van der Waals surface area contributed by atoms with Crippen molar-refractivity contribution in [1.82, 2.24) is 15.1 Å². The van der Waals surface area contributed by atoms with Gasteiger partial charge < -0.3 is 15.5 Å². The second kappa shape index (κ2) is 7.41. The lowest BCUT2D eigenvalue weighted by atomic mass is 9.85. The van der Waals surface area contributed by atoms with E-state index < -0.39 is 23.2 Å². The summed E-state index contributed by atoms with van der Waals surface area (Å²) in [5, 5.41) is 5.36. The van der Waals surface area contributed by atoms with Crippen molar-refractivity contribution >= 4 is 23.4 Å². The van der Waals surface area contributed by atoms with E-state index in [9.17, 15) is 18.8 Å². The minimum Gasteiger partial charge on any atom is -0.354 e. The van der Waals surface area contributed by atoms with E-state index >= 15 is 0 Å². The molecule has 3 amide bonds. The molecule has 8 heteroatoms. The fourth-order valence-electron chi connectivity index (χ4n) is 3.65. The lowest BCUT2D eigenvalue weighted by Gasteiger charge is -2.44. The van der Waals surface area contributed by atoms with Crippen LogP contribution in [-0.2, 0) is 14.4 Å². The first-order valence-corrected chi connectivity index (χ1v) is 8.78. The number of hydrogen-bond acceptors (Lipinski definition) is 4. The maximum Gasteiger partial charge on any atom is 0.313 e. The predicted octanol–water partition coefficient (Wildman–Crippen LogP) is 0.577. The Bertz CT molecular complexity index is 716. The Kier molecular flexibility index (Phi) is 5.22. The number of benzene rings is 1. The van der Waals surface area contributed by atoms with Crippen molar-refractivity contribution in [2.24, 2.45) is 0 Å². The molecular formula is C18H23FN4O3. The molecule has 1 spiro atoms. The van der Waals surface area contributed by atoms with Gasteiger partial charge in [0.2, 0.25) is 5.91 Å². The molecule has 3 rings (SSSR count). The number of amides is 3. The van der Waals surface area contributed by atoms with Crippen LogP contribution in [0, 0.1) is 5.82 Å². The molecule has 2 fully saturated rings. The van der Waals surface area contributed by atoms with Crippen molar-refractivity contribution in [3.63, 3.8) is 0 Å². The van der Waals surface area contributed by atoms with Gasteiger partial charge in [0.05, 0.1) is 0 Å². The minimum absolute atomic E-state index is 0.00573. The van der Waals surface area contributed by atoms with Crippen LogP contribution >= 0.6 is 0 Å². The van der Waals surface area contributed by atoms with Crippen molar-refractivity contribution in [3.8, 4) is 0 Å². The molecule has 0 unspecified atom stereocenters. The molecule has 26 heavy (non-hydrogen) atoms. The van der Waals surface area contributed by atoms with Crippen LogP contribution in [0.15, 0.2) is 24.3 Å². The van der Waals surface area contributed by atoms with Crippen LogP contribution in [0.25, 0.3) is 0 Å². The number of nitrogens with zero attached hydrogens (tertiary/aromatic N) is 2. The molecule has 2 N–H and O–H groups in total. The highest BCUT2D eigenvalue weighted by Crippen LogP contribution is 2.30. The summed E-state index contributed by atoms with van der Waals surface area (Å²) in [5.74, 6) is -1.96. The zero-order valence-electron chi connectivity index (χ0n) is 14.8. The summed E-state index contributed by atoms with van der Waals surface area (Å²) < 4.78 is 13.2. The second-order valence-electron chi connectivity index (χ2n) is 6.82. The molecule has 0 aromatic heterocycles. The monoisotopic (exact) mass is 362 g/mol. The summed E-state index contributed by atoms with van der Waals surface area (Å²) in [6.45, 7) is 2.12. The van der Waals surface area contributed by atoms with Gasteiger partial charge in [-0.1, -0.05) is 6.07 Å². The molecule has 0 saturated carbocycles. The zero-order chi connectivity index (χ0) is 18.7. The van der Waals surface area contributed by atoms with Crippen LogP contribution in [0.2, 0.25) is 0 Å². The first-order chi connectivity index (χ1) is 12.4. The molecule has 0 aliphatic carbocycles. The van der Waals surface area contributed by atoms with Crippen molar-refractivity contribution in [3.05, 3.63) is 30.1 Å². The van der Waals surface area contributed by atoms with Gasteiger partial charge in [-0.25, -0.2) is 4.39 Å². The highest BCUT2D eigenvalue weighted by Gasteiger charge is 2.46. The van der Waals surface area contributed by atoms with Gasteiger partial charge >= 0.3 is 11.8 Å². The second-order valence-corrected chi connectivity index (χ2v) is 6.82. The Morgan fingerprint density at radius 2 is 1.96 bits per heavy atom. The summed E-state index contributed by atoms with van der Waals surface area (Å²) in [6, 6.07) is 5.39. The Morgan fingerprint density at radius 1 is 1.23 bits per heavy atom. The van der Waals surface area contributed by atoms with E-state index in [4.69, 9.17) is 0 Å². The highest BCUT2D eigenvalue weighted by atomic mass is 19.1. The topological polar surface area (TPSA) is 81.8 Å². The van der Waals surface area contributed by atoms with Crippen molar-refractivity contribution in [1.29, 1.82) is 0 Å². The number of nitrogens with one attached hydrogen (secondary N) is 2. The summed E-state index contributed by atoms with van der Waals surface area (Å²) in [7, 11) is 1.93. The largest absolute Gasteiger partial charge is 0.354 e. The Morgan fingerprint density at radius 3 is 2.65 bits per heavy atom. The number of hydrogen-bond donors (Lipinski definition) is 2. The number of likely N-dealkylation sites (N-methyl/N-ethyl adjacent to an activating group) is 1. The van der Waals surface area contributed by atoms with E-state index in [-0.39, 0.29) is 11.6 Å². The van der Waals surface area contributed by atoms with Crippen LogP contribution in [0.1, 0.15) is 19.3 Å². The third-order valence-corrected chi connectivity index (χ3v) is 5.26. The highest BCUT2D eigenvalue weighted by molar-refractivity contribution is 6.39. The number of halogens is 1. The SMILES string of the molecule is CN1CCCNC(=O)C12CCN(C(=O)C(=O)Nc1cccc(F)c1)CC2. The van der Waals surface area contributed by atoms with E-state index in [0.29, 0.717) is 32.5 Å². The minimum atomic E-state index is -0.801. The van der Waals surface area contributed by atoms with Gasteiger partial charge in [-0.05, 0) is 44.5 Å². The lowest BCUT2D eigenvalue weighted by Crippen LogP contribution is -2.62. The molecule has 1 aromatic carbocycles. The van der Waals surface area contributed by atoms with Gasteiger partial charge in [-0.15, -0.1) is 0 Å². The third kappa shape index (κ3) is 3.55. The van der Waals surface area contributed by atoms with Gasteiger partial charge in [0, 0.05) is 31.9 Å². The molecule has 2 heterocycles. The van der Waals surface area contributed by atoms with Gasteiger partial charge in [-0.2, -0.15) is 0 Å². The molecule has 0 radical (unpaired) electrons. The Balaban J connectivity index is 1.62. The van der Waals surface area contributed by atoms with Gasteiger partial charge in [0.25, 0.3) is 0 Å². The van der Waals surface area contributed by atoms with Gasteiger partial charge in [0.1, 0.15) is 11.4 Å². The summed E-state index contributed by atoms with van der Waals surface area (Å²) in [4.78, 5) is 40.6. The van der Waals surface area contributed by atoms with Crippen LogP contribution < -0.4 is 10.6 Å². The molecule has 1 aromatic rings. The molecule has 0 atom stereocenters. The molecule has 2 saturated heterocycles. The number of carbonyl (C=O) groups excluding carboxylic acids is 3. The summed E-state index contributed by atoms with van der Waals surface area (Å²) >= 11 is 0. The van der Waals surface area contributed by atoms with Crippen molar-refractivity contribution < 1.29 is 18.8 Å². The zero-order valence-corrected chi connectivity index (χ0v) is 14.8. The van der Waals surface area contributed by atoms with E-state index in [1.165, 1.54) is 23.1 Å². The van der Waals surface area contributed by atoms with Crippen molar-refractivity contribution in [2.75, 3.05) is 38.5 Å². The summed E-state index contributed by atoms with van der Waals surface area (Å²) in [6.07, 6.45) is 1.85. The third-order valence-electron chi connectivity index (χ3n) is 5.26. The van der Waals surface area contributed by atoms with Gasteiger partial charge in [-0.3, -0.25) is 19.3 Å². The lowest BCUT2D eigenvalue weighted by molar-refractivity contribution is -0.147. The Hall–Kier alpha value is -2.48. The molecule has 7 nitrogen and oxygen atoms in total. The summed E-state index contributed by atoms with van der Waals surface area (Å²) in [5.41, 5.74) is -0.383. The standard InChI is InChI=1S/C18H23FN4O3/c1-22-9-3-8-20-17(26)18(22)6-10-23(11-7-18)16(25)15(24)21-14-5-2-4-13(19)12-14/h2,4-5,12H,3,6-11H2,1H3,(H,20,26)(H,21,24). The first-order valence-electron chi connectivity index (χ1n) is 8.78. The van der Waals surface area contributed by atoms with E-state index in [1.54, 1.807) is 0 Å². The van der Waals surface area contributed by atoms with Crippen LogP contribution in [0.3, 0.4) is 0 Å². The molecule has 2 aliphatic heterocycles. The molecule has 0 bridgehead atoms. The number of piperidine rings is 1. The smallest absolute Gasteiger partial charge is 0.313 e. The maximum absolute atomic E-state index is 13.2. The van der Waals surface area contributed by atoms with Crippen LogP contribution in [-0.4, -0.2) is 66.3 Å². The molecule has 2 aliphatic rings. The van der Waals surface area contributed by atoms with E-state index in [2.05, 4.69) is 15.5 Å². The quantitative estimate of drug-likeness (QED) is 0.716. The van der Waals surface area contributed by atoms with Crippen LogP contribution in [0.4, 0.5) is 10.1 Å². The van der Waals surface area contributed by atoms with E-state index in [1.807, 2.05) is 7.05 Å². The number of likely N-dealkylation sites (tertiary alicyclic amines) is 1. The van der Waals surface area contributed by atoms with Gasteiger partial charge in [0.15, 0.2) is 0 Å². The Labute approximate surface area is 151 Å². The number of carbonyl (C=O) groups is 3.